The van der Waals surface area contributed by atoms with Crippen LogP contribution in [0.15, 0.2) is 0 Å². The molecule has 0 N–H and O–H groups in total. The van der Waals surface area contributed by atoms with Crippen LogP contribution in [0.25, 0.3) is 0 Å². The van der Waals surface area contributed by atoms with Gasteiger partial charge in [-0.1, -0.05) is 0 Å². The van der Waals surface area contributed by atoms with Gasteiger partial charge in [-0.25, -0.2) is 0 Å². The first-order valence-corrected chi connectivity index (χ1v) is 3.14. The van der Waals surface area contributed by atoms with Gasteiger partial charge in [-0.05, 0) is 19.4 Å². The zero-order valence-corrected chi connectivity index (χ0v) is 5.48. The van der Waals surface area contributed by atoms with Crippen molar-refractivity contribution in [3.8, 4) is 0 Å². The van der Waals surface area contributed by atoms with Gasteiger partial charge in [0.25, 0.3) is 0 Å². The summed E-state index contributed by atoms with van der Waals surface area (Å²) < 4.78 is 0. The minimum Gasteiger partial charge on any atom is -0.271 e. The van der Waals surface area contributed by atoms with Crippen molar-refractivity contribution >= 4 is 0 Å². The van der Waals surface area contributed by atoms with E-state index in [0.717, 1.165) is 6.54 Å². The van der Waals surface area contributed by atoms with Crippen LogP contribution in [0.3, 0.4) is 0 Å². The number of nitrogens with zero attached hydrogens (tertiary/aromatic N) is 1. The van der Waals surface area contributed by atoms with Crippen molar-refractivity contribution in [1.82, 2.24) is 4.90 Å². The molecule has 1 aliphatic heterocycles. The van der Waals surface area contributed by atoms with Crippen molar-refractivity contribution in [3.63, 3.8) is 0 Å². The highest BCUT2D eigenvalue weighted by molar-refractivity contribution is 4.97. The first-order valence-electron chi connectivity index (χ1n) is 3.14. The van der Waals surface area contributed by atoms with Crippen molar-refractivity contribution in [3.05, 3.63) is 12.8 Å². The maximum absolute atomic E-state index is 3.92. The van der Waals surface area contributed by atoms with Crippen LogP contribution in [0.1, 0.15) is 12.8 Å². The molecule has 1 aliphatic rings. The summed E-state index contributed by atoms with van der Waals surface area (Å²) in [4.78, 5) is 2.31. The standard InChI is InChI=1S/C7H13N/c1-7-4-3-5-8(2)6-7/h1,3-6H2,2H3. The Balaban J connectivity index is 2.23. The Labute approximate surface area is 51.7 Å². The van der Waals surface area contributed by atoms with E-state index in [9.17, 15) is 0 Å². The lowest BCUT2D eigenvalue weighted by Gasteiger charge is -2.22. The Bertz CT molecular complexity index is 62.8. The largest absolute Gasteiger partial charge is 0.271 e. The van der Waals surface area contributed by atoms with E-state index < -0.39 is 0 Å². The highest BCUT2D eigenvalue weighted by Gasteiger charge is 2.14. The Morgan fingerprint density at radius 2 is 2.38 bits per heavy atom. The molecule has 0 aromatic carbocycles. The maximum atomic E-state index is 3.92. The quantitative estimate of drug-likeness (QED) is 0.423. The number of likely N-dealkylation sites (tertiary alicyclic amines) is 1. The van der Waals surface area contributed by atoms with E-state index in [0.29, 0.717) is 0 Å². The Kier molecular flexibility index (Phi) is 1.79. The van der Waals surface area contributed by atoms with Crippen molar-refractivity contribution in [2.75, 3.05) is 20.1 Å². The zero-order chi connectivity index (χ0) is 5.98. The fourth-order valence-electron chi connectivity index (χ4n) is 1.14. The summed E-state index contributed by atoms with van der Waals surface area (Å²) in [6, 6.07) is 0. The first kappa shape index (κ1) is 5.96. The average Bonchev–Trinajstić information content (AvgIpc) is 1.64. The van der Waals surface area contributed by atoms with E-state index >= 15 is 0 Å². The lowest BCUT2D eigenvalue weighted by atomic mass is 10.0. The fraction of sp³-hybridized carbons (Fsp3) is 0.714. The van der Waals surface area contributed by atoms with Gasteiger partial charge >= 0.3 is 0 Å². The highest BCUT2D eigenvalue weighted by atomic mass is 15.1. The van der Waals surface area contributed by atoms with Crippen LogP contribution in [-0.4, -0.2) is 25.0 Å². The average molecular weight is 111 g/mol. The van der Waals surface area contributed by atoms with Crippen LogP contribution in [0.4, 0.5) is 0 Å². The summed E-state index contributed by atoms with van der Waals surface area (Å²) >= 11 is 0. The first-order chi connectivity index (χ1) is 3.79. The number of hydrogen-bond acceptors (Lipinski definition) is 1. The molecule has 0 aromatic rings. The van der Waals surface area contributed by atoms with Crippen LogP contribution in [0.2, 0.25) is 0 Å². The lowest BCUT2D eigenvalue weighted by Crippen LogP contribution is -2.29. The van der Waals surface area contributed by atoms with E-state index in [1.54, 1.807) is 0 Å². The van der Waals surface area contributed by atoms with E-state index in [1.165, 1.54) is 25.3 Å². The second kappa shape index (κ2) is 2.40. The highest BCUT2D eigenvalue weighted by Crippen LogP contribution is 2.14. The maximum Gasteiger partial charge on any atom is 0.112 e. The van der Waals surface area contributed by atoms with E-state index in [2.05, 4.69) is 18.9 Å². The van der Waals surface area contributed by atoms with Gasteiger partial charge < -0.3 is 0 Å². The second-order valence-corrected chi connectivity index (χ2v) is 2.59. The van der Waals surface area contributed by atoms with Gasteiger partial charge in [0.1, 0.15) is 6.54 Å². The fourth-order valence-corrected chi connectivity index (χ4v) is 1.14. The van der Waals surface area contributed by atoms with Crippen molar-refractivity contribution < 1.29 is 0 Å². The van der Waals surface area contributed by atoms with E-state index in [-0.39, 0.29) is 0 Å². The normalized spacial score (nSPS) is 24.0. The van der Waals surface area contributed by atoms with Crippen molar-refractivity contribution in [1.29, 1.82) is 0 Å². The molecule has 0 unspecified atom stereocenters. The van der Waals surface area contributed by atoms with Crippen LogP contribution < -0.4 is 0 Å². The summed E-state index contributed by atoms with van der Waals surface area (Å²) in [6.45, 7) is 6.28. The molecule has 0 aromatic heterocycles. The molecule has 0 aliphatic carbocycles. The molecule has 1 nitrogen and oxygen atoms in total. The Morgan fingerprint density at radius 3 is 2.75 bits per heavy atom. The number of hydrogen-bond donors (Lipinski definition) is 0. The molecule has 0 atom stereocenters. The van der Waals surface area contributed by atoms with Crippen LogP contribution in [0, 0.1) is 12.8 Å². The van der Waals surface area contributed by atoms with Gasteiger partial charge in [0, 0.05) is 6.54 Å². The van der Waals surface area contributed by atoms with Crippen molar-refractivity contribution in [2.24, 2.45) is 0 Å². The predicted octanol–water partition coefficient (Wildman–Crippen LogP) is 1.12. The summed E-state index contributed by atoms with van der Waals surface area (Å²) in [5.74, 6) is 1.39. The van der Waals surface area contributed by atoms with Gasteiger partial charge in [0.05, 0.1) is 6.42 Å². The third kappa shape index (κ3) is 1.41. The molecule has 1 heteroatoms. The zero-order valence-electron chi connectivity index (χ0n) is 5.48. The molecule has 46 valence electrons. The minimum absolute atomic E-state index is 1.11. The molecule has 1 rings (SSSR count). The molecule has 0 bridgehead atoms. The molecule has 0 amide bonds. The number of rotatable bonds is 0. The Morgan fingerprint density at radius 1 is 1.62 bits per heavy atom. The van der Waals surface area contributed by atoms with Gasteiger partial charge in [0.15, 0.2) is 0 Å². The third-order valence-corrected chi connectivity index (χ3v) is 1.56. The summed E-state index contributed by atoms with van der Waals surface area (Å²) in [5, 5.41) is 0. The van der Waals surface area contributed by atoms with E-state index in [1.807, 2.05) is 0 Å². The summed E-state index contributed by atoms with van der Waals surface area (Å²) in [5.41, 5.74) is 0. The van der Waals surface area contributed by atoms with Crippen LogP contribution in [-0.2, 0) is 0 Å². The van der Waals surface area contributed by atoms with Gasteiger partial charge in [-0.15, -0.1) is 6.92 Å². The summed E-state index contributed by atoms with van der Waals surface area (Å²) in [7, 11) is 2.14. The molecule has 1 saturated heterocycles. The van der Waals surface area contributed by atoms with Crippen LogP contribution >= 0.6 is 0 Å². The smallest absolute Gasteiger partial charge is 0.112 e. The topological polar surface area (TPSA) is 3.24 Å². The molecule has 1 fully saturated rings. The molecule has 0 saturated carbocycles. The van der Waals surface area contributed by atoms with Gasteiger partial charge in [-0.2, -0.15) is 0 Å². The molecule has 1 heterocycles. The molecule has 0 spiro atoms. The monoisotopic (exact) mass is 111 g/mol. The lowest BCUT2D eigenvalue weighted by molar-refractivity contribution is 0.303. The third-order valence-electron chi connectivity index (χ3n) is 1.56. The molecule has 0 radical (unpaired) electrons. The summed E-state index contributed by atoms with van der Waals surface area (Å²) in [6.07, 6.45) is 2.54. The van der Waals surface area contributed by atoms with Gasteiger partial charge in [0.2, 0.25) is 0 Å². The minimum atomic E-state index is 1.11. The molecular formula is C7H13N. The SMILES string of the molecule is [CH2-][C+]1CCCN(C)C1. The van der Waals surface area contributed by atoms with Gasteiger partial charge in [-0.3, -0.25) is 4.90 Å². The molecule has 8 heavy (non-hydrogen) atoms. The van der Waals surface area contributed by atoms with Crippen LogP contribution in [0.5, 0.6) is 0 Å². The molecular weight excluding hydrogens is 98.1 g/mol. The van der Waals surface area contributed by atoms with Crippen molar-refractivity contribution in [2.45, 2.75) is 12.8 Å². The Hall–Kier alpha value is -0.170. The number of piperidine rings is 1. The predicted molar refractivity (Wildman–Crippen MR) is 35.3 cm³/mol. The van der Waals surface area contributed by atoms with E-state index in [4.69, 9.17) is 0 Å². The second-order valence-electron chi connectivity index (χ2n) is 2.59.